The van der Waals surface area contributed by atoms with Gasteiger partial charge in [0.2, 0.25) is 0 Å². The van der Waals surface area contributed by atoms with Crippen LogP contribution < -0.4 is 0 Å². The Hall–Kier alpha value is -2.81. The van der Waals surface area contributed by atoms with Gasteiger partial charge in [0, 0.05) is 25.9 Å². The zero-order chi connectivity index (χ0) is 16.5. The molecule has 6 nitrogen and oxygen atoms in total. The van der Waals surface area contributed by atoms with Crippen LogP contribution in [0.2, 0.25) is 0 Å². The van der Waals surface area contributed by atoms with Crippen LogP contribution in [0.15, 0.2) is 46.9 Å². The van der Waals surface area contributed by atoms with Gasteiger partial charge in [0.1, 0.15) is 23.0 Å². The molecule has 0 N–H and O–H groups in total. The molecule has 2 rings (SSSR count). The third-order valence-electron chi connectivity index (χ3n) is 3.14. The van der Waals surface area contributed by atoms with Gasteiger partial charge in [0.15, 0.2) is 0 Å². The molecule has 0 aromatic rings. The van der Waals surface area contributed by atoms with Crippen LogP contribution in [0.4, 0.5) is 0 Å². The van der Waals surface area contributed by atoms with Crippen LogP contribution in [-0.2, 0) is 19.1 Å². The number of hydrogen-bond donors (Lipinski definition) is 0. The molecule has 0 saturated carbocycles. The molecule has 114 valence electrons. The molecule has 2 aliphatic rings. The van der Waals surface area contributed by atoms with Crippen molar-refractivity contribution < 1.29 is 19.1 Å². The van der Waals surface area contributed by atoms with Crippen LogP contribution in [0, 0.1) is 11.3 Å². The minimum absolute atomic E-state index is 0.0322. The summed E-state index contributed by atoms with van der Waals surface area (Å²) >= 11 is 0. The third-order valence-corrected chi connectivity index (χ3v) is 3.14. The Morgan fingerprint density at radius 3 is 2.50 bits per heavy atom. The lowest BCUT2D eigenvalue weighted by Crippen LogP contribution is -2.22. The van der Waals surface area contributed by atoms with E-state index in [1.807, 2.05) is 6.07 Å². The predicted octanol–water partition coefficient (Wildman–Crippen LogP) is 1.58. The number of nitriles is 1. The summed E-state index contributed by atoms with van der Waals surface area (Å²) in [4.78, 5) is 25.0. The van der Waals surface area contributed by atoms with Crippen molar-refractivity contribution in [3.8, 4) is 6.07 Å². The van der Waals surface area contributed by atoms with Crippen molar-refractivity contribution >= 4 is 11.9 Å². The monoisotopic (exact) mass is 300 g/mol. The zero-order valence-corrected chi connectivity index (χ0v) is 12.8. The predicted molar refractivity (Wildman–Crippen MR) is 77.9 cm³/mol. The minimum atomic E-state index is -0.885. The Balaban J connectivity index is 2.30. The second-order valence-corrected chi connectivity index (χ2v) is 5.62. The maximum absolute atomic E-state index is 11.7. The van der Waals surface area contributed by atoms with Crippen LogP contribution in [0.1, 0.15) is 13.8 Å². The molecule has 0 saturated heterocycles. The number of allylic oxidation sites excluding steroid dienone is 1. The van der Waals surface area contributed by atoms with Crippen molar-refractivity contribution in [2.24, 2.45) is 0 Å². The zero-order valence-electron chi connectivity index (χ0n) is 12.8. The molecule has 2 heterocycles. The molecule has 6 heteroatoms. The van der Waals surface area contributed by atoms with Gasteiger partial charge in [-0.05, 0) is 32.1 Å². The molecule has 0 amide bonds. The molecule has 2 aliphatic heterocycles. The van der Waals surface area contributed by atoms with Gasteiger partial charge in [-0.2, -0.15) is 5.26 Å². The molecule has 0 aromatic heterocycles. The highest BCUT2D eigenvalue weighted by atomic mass is 16.6. The van der Waals surface area contributed by atoms with Gasteiger partial charge in [0.25, 0.3) is 0 Å². The summed E-state index contributed by atoms with van der Waals surface area (Å²) in [6, 6.07) is 1.85. The van der Waals surface area contributed by atoms with Crippen LogP contribution >= 0.6 is 0 Å². The van der Waals surface area contributed by atoms with Gasteiger partial charge in [-0.3, -0.25) is 0 Å². The average Bonchev–Trinajstić information content (AvgIpc) is 2.83. The van der Waals surface area contributed by atoms with Crippen molar-refractivity contribution in [1.29, 1.82) is 5.26 Å². The molecular weight excluding hydrogens is 284 g/mol. The van der Waals surface area contributed by atoms with Gasteiger partial charge in [-0.15, -0.1) is 0 Å². The highest BCUT2D eigenvalue weighted by Crippen LogP contribution is 2.33. The first-order valence-corrected chi connectivity index (χ1v) is 6.63. The lowest BCUT2D eigenvalue weighted by atomic mass is 9.95. The van der Waals surface area contributed by atoms with Gasteiger partial charge in [-0.1, -0.05) is 0 Å². The fraction of sp³-hybridized carbons (Fsp3) is 0.312. The Kier molecular flexibility index (Phi) is 3.91. The molecule has 0 atom stereocenters. The Bertz CT molecular complexity index is 700. The standard InChI is InChI=1S/C16H16N2O4/c1-16(2)13(12(8-17)15(20)22-16)6-5-11-7-10(9-18(3)4)14(19)21-11/h5-7,9H,1-4H3/b6-5+,10-9+. The van der Waals surface area contributed by atoms with E-state index >= 15 is 0 Å². The molecule has 0 spiro atoms. The van der Waals surface area contributed by atoms with E-state index < -0.39 is 17.5 Å². The first-order chi connectivity index (χ1) is 10.2. The molecule has 0 bridgehead atoms. The summed E-state index contributed by atoms with van der Waals surface area (Å²) in [6.45, 7) is 3.39. The number of carbonyl (C=O) groups is 2. The highest BCUT2D eigenvalue weighted by molar-refractivity contribution is 5.98. The van der Waals surface area contributed by atoms with E-state index in [1.54, 1.807) is 57.3 Å². The second-order valence-electron chi connectivity index (χ2n) is 5.62. The van der Waals surface area contributed by atoms with Gasteiger partial charge in [0.05, 0.1) is 5.57 Å². The van der Waals surface area contributed by atoms with Crippen molar-refractivity contribution in [2.45, 2.75) is 19.4 Å². The first kappa shape index (κ1) is 15.6. The van der Waals surface area contributed by atoms with E-state index in [1.165, 1.54) is 0 Å². The topological polar surface area (TPSA) is 79.6 Å². The SMILES string of the molecule is CN(C)/C=C1C=C(/C=C/C2=C(C#N)C(=O)OC2(C)C)OC\1=O. The fourth-order valence-electron chi connectivity index (χ4n) is 2.16. The quantitative estimate of drug-likeness (QED) is 0.581. The molecular formula is C16H16N2O4. The highest BCUT2D eigenvalue weighted by Gasteiger charge is 2.39. The van der Waals surface area contributed by atoms with Crippen LogP contribution in [-0.4, -0.2) is 36.5 Å². The smallest absolute Gasteiger partial charge is 0.350 e. The van der Waals surface area contributed by atoms with Crippen LogP contribution in [0.5, 0.6) is 0 Å². The average molecular weight is 300 g/mol. The van der Waals surface area contributed by atoms with E-state index in [0.29, 0.717) is 16.9 Å². The molecule has 0 aromatic carbocycles. The number of rotatable bonds is 3. The van der Waals surface area contributed by atoms with Crippen molar-refractivity contribution in [3.05, 3.63) is 46.9 Å². The number of hydrogen-bond acceptors (Lipinski definition) is 6. The van der Waals surface area contributed by atoms with Crippen molar-refractivity contribution in [1.82, 2.24) is 4.90 Å². The summed E-state index contributed by atoms with van der Waals surface area (Å²) in [5.74, 6) is -0.739. The lowest BCUT2D eigenvalue weighted by molar-refractivity contribution is -0.144. The fourth-order valence-corrected chi connectivity index (χ4v) is 2.16. The van der Waals surface area contributed by atoms with Gasteiger partial charge < -0.3 is 14.4 Å². The Morgan fingerprint density at radius 2 is 1.91 bits per heavy atom. The third kappa shape index (κ3) is 2.93. The number of nitrogens with zero attached hydrogens (tertiary/aromatic N) is 2. The number of cyclic esters (lactones) is 2. The van der Waals surface area contributed by atoms with Gasteiger partial charge in [-0.25, -0.2) is 9.59 Å². The maximum atomic E-state index is 11.7. The number of esters is 2. The normalized spacial score (nSPS) is 22.0. The maximum Gasteiger partial charge on any atom is 0.350 e. The number of ether oxygens (including phenoxy) is 2. The van der Waals surface area contributed by atoms with E-state index in [2.05, 4.69) is 0 Å². The summed E-state index contributed by atoms with van der Waals surface area (Å²) in [7, 11) is 3.60. The van der Waals surface area contributed by atoms with E-state index in [0.717, 1.165) is 0 Å². The summed E-state index contributed by atoms with van der Waals surface area (Å²) < 4.78 is 10.3. The Morgan fingerprint density at radius 1 is 1.23 bits per heavy atom. The molecule has 0 unspecified atom stereocenters. The van der Waals surface area contributed by atoms with E-state index in [9.17, 15) is 9.59 Å². The summed E-state index contributed by atoms with van der Waals surface area (Å²) in [5, 5.41) is 9.06. The van der Waals surface area contributed by atoms with Crippen molar-refractivity contribution in [3.63, 3.8) is 0 Å². The Labute approximate surface area is 128 Å². The molecule has 22 heavy (non-hydrogen) atoms. The lowest BCUT2D eigenvalue weighted by Gasteiger charge is -2.18. The number of carbonyl (C=O) groups excluding carboxylic acids is 2. The molecule has 0 aliphatic carbocycles. The van der Waals surface area contributed by atoms with E-state index in [4.69, 9.17) is 14.7 Å². The largest absolute Gasteiger partial charge is 0.451 e. The van der Waals surface area contributed by atoms with Crippen LogP contribution in [0.25, 0.3) is 0 Å². The summed E-state index contributed by atoms with van der Waals surface area (Å²) in [5.41, 5.74) is -0.0289. The van der Waals surface area contributed by atoms with E-state index in [-0.39, 0.29) is 5.57 Å². The van der Waals surface area contributed by atoms with Gasteiger partial charge >= 0.3 is 11.9 Å². The second kappa shape index (κ2) is 5.53. The van der Waals surface area contributed by atoms with Crippen LogP contribution in [0.3, 0.4) is 0 Å². The minimum Gasteiger partial charge on any atom is -0.451 e. The first-order valence-electron chi connectivity index (χ1n) is 6.63. The molecule has 0 radical (unpaired) electrons. The van der Waals surface area contributed by atoms with Crippen molar-refractivity contribution in [2.75, 3.05) is 14.1 Å². The summed E-state index contributed by atoms with van der Waals surface area (Å²) in [6.07, 6.45) is 6.36. The molecule has 0 fully saturated rings.